The lowest BCUT2D eigenvalue weighted by atomic mass is 10.1. The van der Waals surface area contributed by atoms with E-state index in [1.54, 1.807) is 11.0 Å². The van der Waals surface area contributed by atoms with E-state index in [-0.39, 0.29) is 6.04 Å². The number of hydrogen-bond donors (Lipinski definition) is 2. The van der Waals surface area contributed by atoms with E-state index >= 15 is 0 Å². The normalized spacial score (nSPS) is 12.8. The van der Waals surface area contributed by atoms with E-state index in [1.165, 1.54) is 4.88 Å². The molecule has 0 radical (unpaired) electrons. The smallest absolute Gasteiger partial charge is 0.138 e. The minimum absolute atomic E-state index is 0.257. The molecule has 0 saturated carbocycles. The van der Waals surface area contributed by atoms with Crippen LogP contribution in [0.3, 0.4) is 0 Å². The zero-order valence-corrected chi connectivity index (χ0v) is 11.4. The maximum absolute atomic E-state index is 5.59. The quantitative estimate of drug-likeness (QED) is 0.584. The van der Waals surface area contributed by atoms with Gasteiger partial charge in [0.1, 0.15) is 12.2 Å². The summed E-state index contributed by atoms with van der Waals surface area (Å²) in [5, 5.41) is 6.18. The topological polar surface area (TPSA) is 68.8 Å². The summed E-state index contributed by atoms with van der Waals surface area (Å²) in [6.07, 6.45) is 5.69. The molecule has 2 aromatic heterocycles. The molecule has 0 aromatic carbocycles. The van der Waals surface area contributed by atoms with Gasteiger partial charge in [0.15, 0.2) is 0 Å². The maximum Gasteiger partial charge on any atom is 0.138 e. The molecule has 0 bridgehead atoms. The number of nitrogens with zero attached hydrogens (tertiary/aromatic N) is 3. The second-order valence-electron chi connectivity index (χ2n) is 4.34. The van der Waals surface area contributed by atoms with Gasteiger partial charge in [0.25, 0.3) is 0 Å². The maximum atomic E-state index is 5.59. The van der Waals surface area contributed by atoms with Crippen molar-refractivity contribution in [1.82, 2.24) is 20.2 Å². The highest BCUT2D eigenvalue weighted by Gasteiger charge is 2.11. The monoisotopic (exact) mass is 265 g/mol. The molecule has 0 spiro atoms. The molecular formula is C12H19N5S. The highest BCUT2D eigenvalue weighted by Crippen LogP contribution is 2.13. The molecule has 0 fully saturated rings. The van der Waals surface area contributed by atoms with Crippen LogP contribution in [0.2, 0.25) is 0 Å². The molecular weight excluding hydrogens is 246 g/mol. The van der Waals surface area contributed by atoms with Crippen molar-refractivity contribution < 1.29 is 0 Å². The Morgan fingerprint density at radius 1 is 1.56 bits per heavy atom. The van der Waals surface area contributed by atoms with Crippen LogP contribution in [-0.4, -0.2) is 20.8 Å². The van der Waals surface area contributed by atoms with Crippen molar-refractivity contribution in [2.24, 2.45) is 12.9 Å². The fourth-order valence-electron chi connectivity index (χ4n) is 1.95. The van der Waals surface area contributed by atoms with E-state index in [2.05, 4.69) is 33.0 Å². The summed E-state index contributed by atoms with van der Waals surface area (Å²) in [7, 11) is 1.90. The van der Waals surface area contributed by atoms with Crippen molar-refractivity contribution in [2.45, 2.75) is 31.7 Å². The van der Waals surface area contributed by atoms with Gasteiger partial charge in [-0.05, 0) is 30.7 Å². The van der Waals surface area contributed by atoms with Crippen LogP contribution in [-0.2, 0) is 19.9 Å². The highest BCUT2D eigenvalue weighted by atomic mass is 32.1. The minimum Gasteiger partial charge on any atom is -0.271 e. The molecule has 18 heavy (non-hydrogen) atoms. The summed E-state index contributed by atoms with van der Waals surface area (Å²) >= 11 is 1.81. The molecule has 2 rings (SSSR count). The van der Waals surface area contributed by atoms with Crippen molar-refractivity contribution in [3.8, 4) is 0 Å². The van der Waals surface area contributed by atoms with Crippen molar-refractivity contribution in [3.63, 3.8) is 0 Å². The molecule has 2 heterocycles. The zero-order valence-electron chi connectivity index (χ0n) is 10.5. The number of aromatic nitrogens is 3. The summed E-state index contributed by atoms with van der Waals surface area (Å²) in [4.78, 5) is 5.65. The molecule has 1 atom stereocenters. The third-order valence-corrected chi connectivity index (χ3v) is 3.96. The van der Waals surface area contributed by atoms with E-state index in [0.717, 1.165) is 31.5 Å². The Balaban J connectivity index is 1.77. The molecule has 0 aliphatic rings. The van der Waals surface area contributed by atoms with Gasteiger partial charge in [0.05, 0.1) is 0 Å². The average Bonchev–Trinajstić information content (AvgIpc) is 3.00. The van der Waals surface area contributed by atoms with Crippen molar-refractivity contribution in [2.75, 3.05) is 0 Å². The second-order valence-corrected chi connectivity index (χ2v) is 5.37. The van der Waals surface area contributed by atoms with Crippen molar-refractivity contribution in [1.29, 1.82) is 0 Å². The highest BCUT2D eigenvalue weighted by molar-refractivity contribution is 7.09. The van der Waals surface area contributed by atoms with E-state index in [1.807, 2.05) is 18.4 Å². The Morgan fingerprint density at radius 2 is 2.44 bits per heavy atom. The molecule has 2 aromatic rings. The van der Waals surface area contributed by atoms with Crippen LogP contribution in [0.5, 0.6) is 0 Å². The van der Waals surface area contributed by atoms with Gasteiger partial charge in [-0.25, -0.2) is 4.98 Å². The summed E-state index contributed by atoms with van der Waals surface area (Å²) in [5.74, 6) is 6.56. The SMILES string of the molecule is Cn1ncnc1CC(CCCc1cccs1)NN. The Labute approximate surface area is 111 Å². The lowest BCUT2D eigenvalue weighted by Crippen LogP contribution is -2.37. The third-order valence-electron chi connectivity index (χ3n) is 3.03. The van der Waals surface area contributed by atoms with E-state index in [0.29, 0.717) is 0 Å². The molecule has 98 valence electrons. The fraction of sp³-hybridized carbons (Fsp3) is 0.500. The molecule has 1 unspecified atom stereocenters. The van der Waals surface area contributed by atoms with Crippen molar-refractivity contribution in [3.05, 3.63) is 34.5 Å². The number of thiophene rings is 1. The summed E-state index contributed by atoms with van der Waals surface area (Å²) < 4.78 is 1.80. The van der Waals surface area contributed by atoms with Crippen molar-refractivity contribution >= 4 is 11.3 Å². The number of nitrogens with one attached hydrogen (secondary N) is 1. The lowest BCUT2D eigenvalue weighted by Gasteiger charge is -2.14. The van der Waals surface area contributed by atoms with Crippen LogP contribution in [0.15, 0.2) is 23.8 Å². The van der Waals surface area contributed by atoms with Gasteiger partial charge in [0.2, 0.25) is 0 Å². The van der Waals surface area contributed by atoms with Gasteiger partial charge in [-0.2, -0.15) is 5.10 Å². The van der Waals surface area contributed by atoms with E-state index in [4.69, 9.17) is 5.84 Å². The Morgan fingerprint density at radius 3 is 3.06 bits per heavy atom. The molecule has 0 saturated heterocycles. The van der Waals surface area contributed by atoms with Gasteiger partial charge in [0, 0.05) is 24.4 Å². The van der Waals surface area contributed by atoms with Gasteiger partial charge < -0.3 is 0 Å². The second kappa shape index (κ2) is 6.63. The van der Waals surface area contributed by atoms with Gasteiger partial charge in [-0.1, -0.05) is 6.07 Å². The Kier molecular flexibility index (Phi) is 4.86. The first-order valence-electron chi connectivity index (χ1n) is 6.11. The predicted octanol–water partition coefficient (Wildman–Crippen LogP) is 1.27. The number of aryl methyl sites for hydroxylation is 2. The molecule has 5 nitrogen and oxygen atoms in total. The van der Waals surface area contributed by atoms with Gasteiger partial charge >= 0.3 is 0 Å². The zero-order chi connectivity index (χ0) is 12.8. The minimum atomic E-state index is 0.257. The third kappa shape index (κ3) is 3.63. The van der Waals surface area contributed by atoms with Crippen LogP contribution in [0.25, 0.3) is 0 Å². The number of hydrogen-bond acceptors (Lipinski definition) is 5. The molecule has 3 N–H and O–H groups in total. The van der Waals surface area contributed by atoms with Crippen LogP contribution < -0.4 is 11.3 Å². The van der Waals surface area contributed by atoms with Crippen LogP contribution in [0.1, 0.15) is 23.5 Å². The summed E-state index contributed by atoms with van der Waals surface area (Å²) in [5.41, 5.74) is 2.87. The first kappa shape index (κ1) is 13.2. The summed E-state index contributed by atoms with van der Waals surface area (Å²) in [6, 6.07) is 4.53. The molecule has 0 aliphatic carbocycles. The molecule has 0 amide bonds. The average molecular weight is 265 g/mol. The fourth-order valence-corrected chi connectivity index (χ4v) is 2.70. The largest absolute Gasteiger partial charge is 0.271 e. The molecule has 0 aliphatic heterocycles. The summed E-state index contributed by atoms with van der Waals surface area (Å²) in [6.45, 7) is 0. The van der Waals surface area contributed by atoms with Crippen LogP contribution >= 0.6 is 11.3 Å². The Bertz CT molecular complexity index is 451. The number of nitrogens with two attached hydrogens (primary N) is 1. The van der Waals surface area contributed by atoms with E-state index < -0.39 is 0 Å². The number of rotatable bonds is 7. The molecule has 6 heteroatoms. The number of hydrazine groups is 1. The first-order valence-corrected chi connectivity index (χ1v) is 6.99. The van der Waals surface area contributed by atoms with Gasteiger partial charge in [-0.3, -0.25) is 16.0 Å². The van der Waals surface area contributed by atoms with Gasteiger partial charge in [-0.15, -0.1) is 11.3 Å². The van der Waals surface area contributed by atoms with E-state index in [9.17, 15) is 0 Å². The van der Waals surface area contributed by atoms with Crippen LogP contribution in [0.4, 0.5) is 0 Å². The predicted molar refractivity (Wildman–Crippen MR) is 73.1 cm³/mol. The lowest BCUT2D eigenvalue weighted by molar-refractivity contribution is 0.460. The van der Waals surface area contributed by atoms with Crippen LogP contribution in [0, 0.1) is 0 Å². The Hall–Kier alpha value is -1.24. The standard InChI is InChI=1S/C12H19N5S/c1-17-12(14-9-15-17)8-10(16-13)4-2-5-11-6-3-7-18-11/h3,6-7,9-10,16H,2,4-5,8,13H2,1H3. The first-order chi connectivity index (χ1) is 8.79.